The summed E-state index contributed by atoms with van der Waals surface area (Å²) in [6.45, 7) is 6.94. The molecule has 2 aromatic rings. The van der Waals surface area contributed by atoms with E-state index in [1.54, 1.807) is 16.4 Å². The van der Waals surface area contributed by atoms with Gasteiger partial charge in [0.2, 0.25) is 10.0 Å². The fourth-order valence-electron chi connectivity index (χ4n) is 3.77. The maximum Gasteiger partial charge on any atom is 0.243 e. The number of piperazine rings is 1. The molecule has 1 aliphatic heterocycles. The Morgan fingerprint density at radius 2 is 1.85 bits per heavy atom. The molecule has 0 aromatic heterocycles. The highest BCUT2D eigenvalue weighted by atomic mass is 32.2. The summed E-state index contributed by atoms with van der Waals surface area (Å²) in [6.07, 6.45) is 0.592. The highest BCUT2D eigenvalue weighted by molar-refractivity contribution is 7.89. The number of aliphatic hydroxyl groups is 1. The highest BCUT2D eigenvalue weighted by Gasteiger charge is 2.34. The first-order valence-electron chi connectivity index (χ1n) is 9.26. The Morgan fingerprint density at radius 1 is 1.12 bits per heavy atom. The Bertz CT molecular complexity index is 846. The van der Waals surface area contributed by atoms with E-state index in [0.717, 1.165) is 17.3 Å². The molecule has 0 aliphatic carbocycles. The molecular weight excluding hydrogens is 348 g/mol. The molecule has 6 heteroatoms. The monoisotopic (exact) mass is 376 g/mol. The van der Waals surface area contributed by atoms with Crippen LogP contribution in [0.15, 0.2) is 47.4 Å². The minimum absolute atomic E-state index is 0.0564. The van der Waals surface area contributed by atoms with Crippen LogP contribution in [-0.4, -0.2) is 61.6 Å². The van der Waals surface area contributed by atoms with E-state index in [0.29, 0.717) is 36.9 Å². The van der Waals surface area contributed by atoms with E-state index in [-0.39, 0.29) is 12.6 Å². The normalized spacial score (nSPS) is 20.1. The van der Waals surface area contributed by atoms with Crippen LogP contribution in [0, 0.1) is 5.92 Å². The zero-order chi connectivity index (χ0) is 18.7. The second-order valence-corrected chi connectivity index (χ2v) is 9.30. The quantitative estimate of drug-likeness (QED) is 0.842. The van der Waals surface area contributed by atoms with Gasteiger partial charge in [0, 0.05) is 44.2 Å². The molecule has 0 amide bonds. The van der Waals surface area contributed by atoms with Crippen LogP contribution in [0.2, 0.25) is 0 Å². The van der Waals surface area contributed by atoms with Crippen LogP contribution in [0.3, 0.4) is 0 Å². The van der Waals surface area contributed by atoms with Crippen molar-refractivity contribution in [1.82, 2.24) is 9.21 Å². The fraction of sp³-hybridized carbons (Fsp3) is 0.500. The van der Waals surface area contributed by atoms with E-state index in [1.165, 1.54) is 0 Å². The van der Waals surface area contributed by atoms with Crippen molar-refractivity contribution in [2.75, 3.05) is 32.8 Å². The molecule has 1 saturated heterocycles. The zero-order valence-corrected chi connectivity index (χ0v) is 16.3. The second-order valence-electron chi connectivity index (χ2n) is 7.40. The van der Waals surface area contributed by atoms with E-state index in [1.807, 2.05) is 30.3 Å². The summed E-state index contributed by atoms with van der Waals surface area (Å²) in [5.74, 6) is 0.511. The lowest BCUT2D eigenvalue weighted by Crippen LogP contribution is -2.55. The Balaban J connectivity index is 1.90. The van der Waals surface area contributed by atoms with Gasteiger partial charge in [-0.15, -0.1) is 0 Å². The van der Waals surface area contributed by atoms with Gasteiger partial charge in [-0.05, 0) is 23.8 Å². The standard InChI is InChI=1S/C20H28N2O3S/c1-16(2)14-21-11-12-22(15-18(21)10-13-23)26(24,25)20-9-5-7-17-6-3-4-8-19(17)20/h3-9,16,18,23H,10-15H2,1-2H3. The molecular formula is C20H28N2O3S. The van der Waals surface area contributed by atoms with Crippen LogP contribution in [-0.2, 0) is 10.0 Å². The Hall–Kier alpha value is -1.47. The molecule has 5 nitrogen and oxygen atoms in total. The molecule has 2 aromatic carbocycles. The third-order valence-corrected chi connectivity index (χ3v) is 6.92. The third kappa shape index (κ3) is 3.93. The van der Waals surface area contributed by atoms with Gasteiger partial charge in [-0.2, -0.15) is 4.31 Å². The minimum Gasteiger partial charge on any atom is -0.396 e. The van der Waals surface area contributed by atoms with Crippen molar-refractivity contribution in [2.45, 2.75) is 31.2 Å². The minimum atomic E-state index is -3.57. The van der Waals surface area contributed by atoms with E-state index in [9.17, 15) is 13.5 Å². The van der Waals surface area contributed by atoms with Crippen molar-refractivity contribution in [3.05, 3.63) is 42.5 Å². The first-order chi connectivity index (χ1) is 12.4. The van der Waals surface area contributed by atoms with Crippen LogP contribution < -0.4 is 0 Å². The number of hydrogen-bond donors (Lipinski definition) is 1. The fourth-order valence-corrected chi connectivity index (χ4v) is 5.46. The van der Waals surface area contributed by atoms with Gasteiger partial charge in [0.15, 0.2) is 0 Å². The average Bonchev–Trinajstić information content (AvgIpc) is 2.62. The number of hydrogen-bond acceptors (Lipinski definition) is 4. The molecule has 1 N–H and O–H groups in total. The Labute approximate surface area is 156 Å². The predicted molar refractivity (Wildman–Crippen MR) is 105 cm³/mol. The van der Waals surface area contributed by atoms with Crippen LogP contribution >= 0.6 is 0 Å². The predicted octanol–water partition coefficient (Wildman–Crippen LogP) is 2.55. The molecule has 3 rings (SSSR count). The Morgan fingerprint density at radius 3 is 2.58 bits per heavy atom. The van der Waals surface area contributed by atoms with Crippen molar-refractivity contribution < 1.29 is 13.5 Å². The highest BCUT2D eigenvalue weighted by Crippen LogP contribution is 2.28. The first-order valence-corrected chi connectivity index (χ1v) is 10.7. The number of nitrogens with zero attached hydrogens (tertiary/aromatic N) is 2. The number of sulfonamides is 1. The van der Waals surface area contributed by atoms with Crippen molar-refractivity contribution in [2.24, 2.45) is 5.92 Å². The van der Waals surface area contributed by atoms with E-state index < -0.39 is 10.0 Å². The maximum atomic E-state index is 13.3. The summed E-state index contributed by atoms with van der Waals surface area (Å²) in [5.41, 5.74) is 0. The van der Waals surface area contributed by atoms with Crippen LogP contribution in [0.4, 0.5) is 0 Å². The SMILES string of the molecule is CC(C)CN1CCN(S(=O)(=O)c2cccc3ccccc23)CC1CCO. The molecule has 0 bridgehead atoms. The molecule has 1 atom stereocenters. The zero-order valence-electron chi connectivity index (χ0n) is 15.5. The number of fused-ring (bicyclic) bond motifs is 1. The van der Waals surface area contributed by atoms with Gasteiger partial charge in [-0.3, -0.25) is 4.90 Å². The van der Waals surface area contributed by atoms with Gasteiger partial charge < -0.3 is 5.11 Å². The molecule has 1 unspecified atom stereocenters. The molecule has 0 saturated carbocycles. The van der Waals surface area contributed by atoms with Crippen LogP contribution in [0.5, 0.6) is 0 Å². The summed E-state index contributed by atoms with van der Waals surface area (Å²) < 4.78 is 28.2. The molecule has 0 radical (unpaired) electrons. The summed E-state index contributed by atoms with van der Waals surface area (Å²) in [5, 5.41) is 11.1. The van der Waals surface area contributed by atoms with Crippen molar-refractivity contribution in [3.63, 3.8) is 0 Å². The van der Waals surface area contributed by atoms with Gasteiger partial charge in [0.25, 0.3) is 0 Å². The van der Waals surface area contributed by atoms with E-state index in [4.69, 9.17) is 0 Å². The maximum absolute atomic E-state index is 13.3. The molecule has 1 heterocycles. The van der Waals surface area contributed by atoms with Crippen LogP contribution in [0.1, 0.15) is 20.3 Å². The van der Waals surface area contributed by atoms with Gasteiger partial charge in [-0.1, -0.05) is 50.2 Å². The number of rotatable bonds is 6. The lowest BCUT2D eigenvalue weighted by molar-refractivity contribution is 0.0853. The summed E-state index contributed by atoms with van der Waals surface area (Å²) in [6, 6.07) is 13.1. The summed E-state index contributed by atoms with van der Waals surface area (Å²) in [4.78, 5) is 2.69. The molecule has 0 spiro atoms. The first kappa shape index (κ1) is 19.3. The third-order valence-electron chi connectivity index (χ3n) is 5.00. The van der Waals surface area contributed by atoms with Gasteiger partial charge in [-0.25, -0.2) is 8.42 Å². The largest absolute Gasteiger partial charge is 0.396 e. The van der Waals surface area contributed by atoms with Gasteiger partial charge in [0.05, 0.1) is 4.90 Å². The van der Waals surface area contributed by atoms with E-state index in [2.05, 4.69) is 18.7 Å². The summed E-state index contributed by atoms with van der Waals surface area (Å²) >= 11 is 0. The lowest BCUT2D eigenvalue weighted by atomic mass is 10.1. The molecule has 1 aliphatic rings. The smallest absolute Gasteiger partial charge is 0.243 e. The Kier molecular flexibility index (Phi) is 5.97. The van der Waals surface area contributed by atoms with Crippen molar-refractivity contribution in [1.29, 1.82) is 0 Å². The molecule has 142 valence electrons. The summed E-state index contributed by atoms with van der Waals surface area (Å²) in [7, 11) is -3.57. The van der Waals surface area contributed by atoms with Crippen LogP contribution in [0.25, 0.3) is 10.8 Å². The van der Waals surface area contributed by atoms with Gasteiger partial charge >= 0.3 is 0 Å². The van der Waals surface area contributed by atoms with Gasteiger partial charge in [0.1, 0.15) is 0 Å². The van der Waals surface area contributed by atoms with Crippen molar-refractivity contribution in [3.8, 4) is 0 Å². The molecule has 26 heavy (non-hydrogen) atoms. The van der Waals surface area contributed by atoms with E-state index >= 15 is 0 Å². The molecule has 1 fully saturated rings. The lowest BCUT2D eigenvalue weighted by Gasteiger charge is -2.41. The topological polar surface area (TPSA) is 60.9 Å². The average molecular weight is 377 g/mol. The van der Waals surface area contributed by atoms with Crippen molar-refractivity contribution >= 4 is 20.8 Å². The second kappa shape index (κ2) is 8.05. The number of benzene rings is 2. The number of aliphatic hydroxyl groups excluding tert-OH is 1.